The van der Waals surface area contributed by atoms with Crippen molar-refractivity contribution in [3.63, 3.8) is 0 Å². The molecule has 16 heteroatoms. The van der Waals surface area contributed by atoms with Gasteiger partial charge in [-0.2, -0.15) is 0 Å². The van der Waals surface area contributed by atoms with E-state index in [1.807, 2.05) is 53.6 Å². The molecule has 3 heterocycles. The van der Waals surface area contributed by atoms with Gasteiger partial charge < -0.3 is 69.2 Å². The number of carbonyl (C=O) groups is 2. The van der Waals surface area contributed by atoms with Crippen LogP contribution in [0, 0.1) is 17.8 Å². The van der Waals surface area contributed by atoms with E-state index in [2.05, 4.69) is 5.32 Å². The van der Waals surface area contributed by atoms with E-state index in [4.69, 9.17) is 43.6 Å². The highest BCUT2D eigenvalue weighted by molar-refractivity contribution is 5.78. The maximum absolute atomic E-state index is 14.4. The van der Waals surface area contributed by atoms with Crippen LogP contribution in [0.4, 0.5) is 0 Å². The number of aliphatic hydroxyl groups is 3. The average molecular weight is 820 g/mol. The molecule has 6 N–H and O–H groups in total. The Bertz CT molecular complexity index is 1280. The predicted molar refractivity (Wildman–Crippen MR) is 212 cm³/mol. The molecule has 334 valence electrons. The number of aliphatic hydroxyl groups excluding tert-OH is 2. The number of esters is 1. The van der Waals surface area contributed by atoms with Crippen LogP contribution < -0.4 is 11.1 Å². The second kappa shape index (κ2) is 20.8. The van der Waals surface area contributed by atoms with Gasteiger partial charge in [-0.25, -0.2) is 0 Å². The van der Waals surface area contributed by atoms with Gasteiger partial charge in [0.25, 0.3) is 0 Å². The summed E-state index contributed by atoms with van der Waals surface area (Å²) in [6, 6.07) is -1.20. The number of likely N-dealkylation sites (N-methyl/N-ethyl adjacent to an activating group) is 1. The molecule has 1 amide bonds. The quantitative estimate of drug-likeness (QED) is 0.141. The number of hydrogen-bond donors (Lipinski definition) is 5. The van der Waals surface area contributed by atoms with Gasteiger partial charge in [-0.05, 0) is 94.8 Å². The molecule has 0 aromatic carbocycles. The van der Waals surface area contributed by atoms with Crippen LogP contribution in [0.25, 0.3) is 0 Å². The molecule has 3 aliphatic heterocycles. The molecule has 0 spiro atoms. The van der Waals surface area contributed by atoms with Crippen LogP contribution in [0.15, 0.2) is 0 Å². The topological polar surface area (TPSA) is 210 Å². The maximum Gasteiger partial charge on any atom is 0.311 e. The van der Waals surface area contributed by atoms with Crippen LogP contribution in [0.3, 0.4) is 0 Å². The van der Waals surface area contributed by atoms with Gasteiger partial charge in [0.15, 0.2) is 12.6 Å². The highest BCUT2D eigenvalue weighted by Gasteiger charge is 2.53. The smallest absolute Gasteiger partial charge is 0.311 e. The lowest BCUT2D eigenvalue weighted by molar-refractivity contribution is -0.321. The first kappa shape index (κ1) is 49.8. The molecular weight excluding hydrogens is 742 g/mol. The van der Waals surface area contributed by atoms with Crippen molar-refractivity contribution in [2.45, 2.75) is 192 Å². The molecule has 3 saturated heterocycles. The van der Waals surface area contributed by atoms with E-state index in [0.29, 0.717) is 26.0 Å². The summed E-state index contributed by atoms with van der Waals surface area (Å²) in [6.07, 6.45) is -7.13. The first-order valence-corrected chi connectivity index (χ1v) is 20.8. The zero-order chi connectivity index (χ0) is 43.2. The van der Waals surface area contributed by atoms with Gasteiger partial charge in [0.1, 0.15) is 30.0 Å². The number of hydrogen-bond acceptors (Lipinski definition) is 15. The lowest BCUT2D eigenvalue weighted by Gasteiger charge is -2.50. The molecule has 3 aliphatic rings. The van der Waals surface area contributed by atoms with Crippen LogP contribution in [0.2, 0.25) is 0 Å². The Labute approximate surface area is 341 Å². The van der Waals surface area contributed by atoms with Crippen molar-refractivity contribution in [3.05, 3.63) is 0 Å². The molecule has 57 heavy (non-hydrogen) atoms. The Hall–Kier alpha value is -1.54. The number of carbonyl (C=O) groups excluding carboxylic acids is 2. The van der Waals surface area contributed by atoms with Crippen molar-refractivity contribution in [3.8, 4) is 0 Å². The van der Waals surface area contributed by atoms with Gasteiger partial charge in [0.05, 0.1) is 47.6 Å². The van der Waals surface area contributed by atoms with Gasteiger partial charge in [-0.3, -0.25) is 9.59 Å². The minimum absolute atomic E-state index is 0.114. The fraction of sp³-hybridized carbons (Fsp3) is 0.951. The molecule has 0 saturated carbocycles. The molecular formula is C41H77N3O13. The molecule has 0 aliphatic carbocycles. The summed E-state index contributed by atoms with van der Waals surface area (Å²) in [6.45, 7) is 18.4. The highest BCUT2D eigenvalue weighted by atomic mass is 16.7. The molecule has 3 fully saturated rings. The summed E-state index contributed by atoms with van der Waals surface area (Å²) < 4.78 is 51.2. The van der Waals surface area contributed by atoms with Crippen LogP contribution >= 0.6 is 0 Å². The fourth-order valence-corrected chi connectivity index (χ4v) is 9.01. The van der Waals surface area contributed by atoms with E-state index in [1.165, 1.54) is 14.0 Å². The normalized spacial score (nSPS) is 45.8. The van der Waals surface area contributed by atoms with Crippen LogP contribution in [-0.4, -0.2) is 164 Å². The largest absolute Gasteiger partial charge is 0.459 e. The van der Waals surface area contributed by atoms with Gasteiger partial charge in [0.2, 0.25) is 5.91 Å². The molecule has 3 rings (SSSR count). The van der Waals surface area contributed by atoms with Crippen LogP contribution in [0.1, 0.15) is 101 Å². The Kier molecular flexibility index (Phi) is 18.2. The van der Waals surface area contributed by atoms with E-state index in [0.717, 1.165) is 0 Å². The van der Waals surface area contributed by atoms with Gasteiger partial charge in [-0.15, -0.1) is 0 Å². The third-order valence-electron chi connectivity index (χ3n) is 12.8. The highest BCUT2D eigenvalue weighted by Crippen LogP contribution is 2.41. The molecule has 18 atom stereocenters. The van der Waals surface area contributed by atoms with Crippen molar-refractivity contribution >= 4 is 11.9 Å². The Morgan fingerprint density at radius 2 is 1.54 bits per heavy atom. The average Bonchev–Trinajstić information content (AvgIpc) is 3.15. The summed E-state index contributed by atoms with van der Waals surface area (Å²) in [5.41, 5.74) is 1.70. The van der Waals surface area contributed by atoms with Crippen molar-refractivity contribution in [1.29, 1.82) is 0 Å². The summed E-state index contributed by atoms with van der Waals surface area (Å²) in [5, 5.41) is 37.6. The number of cyclic esters (lactones) is 1. The zero-order valence-corrected chi connectivity index (χ0v) is 37.1. The summed E-state index contributed by atoms with van der Waals surface area (Å²) in [7, 11) is 6.90. The Morgan fingerprint density at radius 1 is 0.930 bits per heavy atom. The third kappa shape index (κ3) is 11.6. The zero-order valence-electron chi connectivity index (χ0n) is 37.1. The standard InChI is InChI=1S/C41H77N3O13/c1-15-29-41(10,49)33(46)26(6)43-36(47)22(2)20-39(8,50-13)34(57-38-31(45)28(44(11)12)19-23(3)53-38)24(4)32(25(5)37(48)55-29)56-30-21-40(9,51-14)35(27(7)54-30)52-18-16-17-42/h22-35,38,45-46,49H,15-21,42H2,1-14H3,(H,43,47)/t22-,23-,24+,25-,26-,27+,28+,29-,30+,31-,32+,33-,34-,35?,38+,39-,40-,41-/m1/s1. The minimum atomic E-state index is -1.94. The summed E-state index contributed by atoms with van der Waals surface area (Å²) in [4.78, 5) is 30.1. The first-order valence-electron chi connectivity index (χ1n) is 20.8. The van der Waals surface area contributed by atoms with Crippen molar-refractivity contribution in [2.24, 2.45) is 23.5 Å². The number of rotatable bonds is 12. The van der Waals surface area contributed by atoms with E-state index in [1.54, 1.807) is 34.8 Å². The molecule has 0 bridgehead atoms. The monoisotopic (exact) mass is 820 g/mol. The van der Waals surface area contributed by atoms with Crippen molar-refractivity contribution in [2.75, 3.05) is 41.5 Å². The van der Waals surface area contributed by atoms with E-state index in [-0.39, 0.29) is 31.4 Å². The lowest BCUT2D eigenvalue weighted by Crippen LogP contribution is -2.61. The molecule has 0 radical (unpaired) electrons. The van der Waals surface area contributed by atoms with Crippen LogP contribution in [0.5, 0.6) is 0 Å². The molecule has 0 aromatic rings. The van der Waals surface area contributed by atoms with E-state index in [9.17, 15) is 24.9 Å². The van der Waals surface area contributed by atoms with Crippen LogP contribution in [-0.2, 0) is 47.5 Å². The van der Waals surface area contributed by atoms with Crippen molar-refractivity contribution < 1.29 is 62.8 Å². The van der Waals surface area contributed by atoms with Gasteiger partial charge >= 0.3 is 5.97 Å². The van der Waals surface area contributed by atoms with Gasteiger partial charge in [-0.1, -0.05) is 20.8 Å². The third-order valence-corrected chi connectivity index (χ3v) is 12.8. The maximum atomic E-state index is 14.4. The molecule has 1 unspecified atom stereocenters. The SMILES string of the molecule is CC[C@H]1OC(=O)[C@H](C)[C@@H](O[C@H]2C[C@@](C)(OC)C(OCCCN)[C@H](C)O2)[C@H](C)[C@@H](O[C@@H]2O[C@H](C)C[C@H](N(C)C)[C@H]2O)[C@](C)(OC)C[C@@H](C)C(=O)N[C@H](C)[C@@H](O)[C@]1(C)O. The molecule has 0 aromatic heterocycles. The Morgan fingerprint density at radius 3 is 2.11 bits per heavy atom. The predicted octanol–water partition coefficient (Wildman–Crippen LogP) is 2.11. The number of nitrogens with two attached hydrogens (primary N) is 1. The van der Waals surface area contributed by atoms with Crippen molar-refractivity contribution in [1.82, 2.24) is 10.2 Å². The summed E-state index contributed by atoms with van der Waals surface area (Å²) >= 11 is 0. The Balaban J connectivity index is 2.21. The van der Waals surface area contributed by atoms with E-state index >= 15 is 0 Å². The lowest BCUT2D eigenvalue weighted by atomic mass is 9.77. The molecule has 16 nitrogen and oxygen atoms in total. The second-order valence-corrected chi connectivity index (χ2v) is 17.7. The number of nitrogens with zero attached hydrogens (tertiary/aromatic N) is 1. The summed E-state index contributed by atoms with van der Waals surface area (Å²) in [5.74, 6) is -3.51. The first-order chi connectivity index (χ1) is 26.5. The number of amides is 1. The van der Waals surface area contributed by atoms with Gasteiger partial charge in [0, 0.05) is 45.1 Å². The number of methoxy groups -OCH3 is 2. The number of nitrogens with one attached hydrogen (secondary N) is 1. The number of ether oxygens (including phenoxy) is 8. The second-order valence-electron chi connectivity index (χ2n) is 17.7. The fourth-order valence-electron chi connectivity index (χ4n) is 9.01. The minimum Gasteiger partial charge on any atom is -0.459 e. The van der Waals surface area contributed by atoms with E-state index < -0.39 is 108 Å².